The highest BCUT2D eigenvalue weighted by atomic mass is 32.2. The molecule has 6 heteroatoms. The molecule has 1 aromatic heterocycles. The van der Waals surface area contributed by atoms with Gasteiger partial charge in [0.1, 0.15) is 18.2 Å². The number of nitrogens with zero attached hydrogens (tertiary/aromatic N) is 1. The minimum absolute atomic E-state index is 0.260. The first-order valence-electron chi connectivity index (χ1n) is 13.6. The van der Waals surface area contributed by atoms with Crippen LogP contribution in [0.2, 0.25) is 0 Å². The fourth-order valence-electron chi connectivity index (χ4n) is 5.31. The van der Waals surface area contributed by atoms with E-state index in [0.717, 1.165) is 56.9 Å². The lowest BCUT2D eigenvalue weighted by molar-refractivity contribution is 0.0600. The second-order valence-corrected chi connectivity index (χ2v) is 11.6. The SMILES string of the molecule is COC(=O)c1ccc(-c2c(C(C)(C)CCSC)n(-c3ccc(F)cc3)c3cccc(OCc4ccccc4)c23)cc1. The molecule has 0 aliphatic rings. The average Bonchev–Trinajstić information content (AvgIpc) is 3.36. The monoisotopic (exact) mass is 567 g/mol. The number of aromatic nitrogens is 1. The van der Waals surface area contributed by atoms with Gasteiger partial charge in [-0.2, -0.15) is 11.8 Å². The number of hydrogen-bond donors (Lipinski definition) is 0. The first kappa shape index (κ1) is 28.5. The molecular weight excluding hydrogens is 533 g/mol. The Morgan fingerprint density at radius 2 is 1.61 bits per heavy atom. The highest BCUT2D eigenvalue weighted by Gasteiger charge is 2.33. The highest BCUT2D eigenvalue weighted by Crippen LogP contribution is 2.47. The van der Waals surface area contributed by atoms with Crippen molar-refractivity contribution in [1.29, 1.82) is 0 Å². The van der Waals surface area contributed by atoms with Gasteiger partial charge < -0.3 is 14.0 Å². The van der Waals surface area contributed by atoms with Crippen LogP contribution in [0.15, 0.2) is 97.1 Å². The van der Waals surface area contributed by atoms with Crippen molar-refractivity contribution < 1.29 is 18.7 Å². The number of carbonyl (C=O) groups is 1. The lowest BCUT2D eigenvalue weighted by Gasteiger charge is -2.29. The molecule has 0 N–H and O–H groups in total. The zero-order valence-corrected chi connectivity index (χ0v) is 24.6. The van der Waals surface area contributed by atoms with E-state index < -0.39 is 0 Å². The van der Waals surface area contributed by atoms with Crippen LogP contribution in [0.5, 0.6) is 5.75 Å². The van der Waals surface area contributed by atoms with Gasteiger partial charge in [0.25, 0.3) is 0 Å². The van der Waals surface area contributed by atoms with Crippen LogP contribution in [-0.2, 0) is 16.8 Å². The number of esters is 1. The molecule has 5 rings (SSSR count). The van der Waals surface area contributed by atoms with Gasteiger partial charge >= 0.3 is 5.97 Å². The van der Waals surface area contributed by atoms with Gasteiger partial charge in [-0.25, -0.2) is 9.18 Å². The van der Waals surface area contributed by atoms with Crippen LogP contribution >= 0.6 is 11.8 Å². The summed E-state index contributed by atoms with van der Waals surface area (Å²) in [6.07, 6.45) is 3.05. The molecule has 0 bridgehead atoms. The van der Waals surface area contributed by atoms with Crippen LogP contribution in [0.25, 0.3) is 27.7 Å². The first-order valence-corrected chi connectivity index (χ1v) is 15.0. The summed E-state index contributed by atoms with van der Waals surface area (Å²) in [7, 11) is 1.38. The van der Waals surface area contributed by atoms with Gasteiger partial charge in [-0.3, -0.25) is 0 Å². The van der Waals surface area contributed by atoms with E-state index in [9.17, 15) is 9.18 Å². The Bertz CT molecular complexity index is 1640. The molecule has 0 saturated carbocycles. The van der Waals surface area contributed by atoms with Gasteiger partial charge in [0.05, 0.1) is 23.6 Å². The molecule has 0 saturated heterocycles. The number of fused-ring (bicyclic) bond motifs is 1. The number of ether oxygens (including phenoxy) is 2. The van der Waals surface area contributed by atoms with Crippen LogP contribution in [-0.4, -0.2) is 29.7 Å². The van der Waals surface area contributed by atoms with Gasteiger partial charge in [-0.05, 0) is 78.1 Å². The lowest BCUT2D eigenvalue weighted by Crippen LogP contribution is -2.23. The van der Waals surface area contributed by atoms with E-state index in [1.807, 2.05) is 78.5 Å². The minimum Gasteiger partial charge on any atom is -0.488 e. The molecule has 4 aromatic carbocycles. The summed E-state index contributed by atoms with van der Waals surface area (Å²) in [5.41, 5.74) is 6.26. The molecule has 210 valence electrons. The average molecular weight is 568 g/mol. The molecule has 0 amide bonds. The fraction of sp³-hybridized carbons (Fsp3) is 0.229. The third-order valence-electron chi connectivity index (χ3n) is 7.44. The highest BCUT2D eigenvalue weighted by molar-refractivity contribution is 7.98. The Labute approximate surface area is 245 Å². The van der Waals surface area contributed by atoms with Crippen molar-refractivity contribution in [1.82, 2.24) is 4.57 Å². The second kappa shape index (κ2) is 12.2. The standard InChI is InChI=1S/C35H34FNO3S/c1-35(2,21-22-41-4)33-31(25-13-15-26(16-14-25)34(38)39-3)32-29(37(33)28-19-17-27(36)18-20-28)11-8-12-30(32)40-23-24-9-6-5-7-10-24/h5-20H,21-23H2,1-4H3. The predicted molar refractivity (Wildman–Crippen MR) is 167 cm³/mol. The number of hydrogen-bond acceptors (Lipinski definition) is 4. The van der Waals surface area contributed by atoms with E-state index in [0.29, 0.717) is 12.2 Å². The number of thioether (sulfide) groups is 1. The molecule has 4 nitrogen and oxygen atoms in total. The van der Waals surface area contributed by atoms with Crippen LogP contribution in [0.1, 0.15) is 41.9 Å². The van der Waals surface area contributed by atoms with Gasteiger partial charge in [0.15, 0.2) is 0 Å². The molecular formula is C35H34FNO3S. The summed E-state index contributed by atoms with van der Waals surface area (Å²) in [4.78, 5) is 12.2. The number of halogens is 1. The van der Waals surface area contributed by atoms with Crippen molar-refractivity contribution >= 4 is 28.6 Å². The summed E-state index contributed by atoms with van der Waals surface area (Å²) >= 11 is 1.82. The Morgan fingerprint density at radius 3 is 2.27 bits per heavy atom. The number of carbonyl (C=O) groups excluding carboxylic acids is 1. The first-order chi connectivity index (χ1) is 19.8. The van der Waals surface area contributed by atoms with Crippen LogP contribution in [0, 0.1) is 5.82 Å². The van der Waals surface area contributed by atoms with Crippen molar-refractivity contribution in [2.75, 3.05) is 19.1 Å². The molecule has 0 radical (unpaired) electrons. The molecule has 0 spiro atoms. The summed E-state index contributed by atoms with van der Waals surface area (Å²) < 4.78 is 27.8. The number of methoxy groups -OCH3 is 1. The van der Waals surface area contributed by atoms with E-state index in [1.54, 1.807) is 12.1 Å². The Balaban J connectivity index is 1.81. The summed E-state index contributed by atoms with van der Waals surface area (Å²) in [6.45, 7) is 4.94. The summed E-state index contributed by atoms with van der Waals surface area (Å²) in [5, 5.41) is 0.978. The predicted octanol–water partition coefficient (Wildman–Crippen LogP) is 8.83. The van der Waals surface area contributed by atoms with E-state index >= 15 is 0 Å². The summed E-state index contributed by atoms with van der Waals surface area (Å²) in [6, 6.07) is 30.4. The van der Waals surface area contributed by atoms with Gasteiger partial charge in [-0.1, -0.05) is 62.4 Å². The van der Waals surface area contributed by atoms with Crippen molar-refractivity contribution in [2.45, 2.75) is 32.3 Å². The minimum atomic E-state index is -0.377. The Kier molecular flexibility index (Phi) is 8.50. The smallest absolute Gasteiger partial charge is 0.337 e. The zero-order chi connectivity index (χ0) is 29.0. The van der Waals surface area contributed by atoms with Crippen LogP contribution < -0.4 is 4.74 Å². The maximum Gasteiger partial charge on any atom is 0.337 e. The molecule has 1 heterocycles. The number of benzene rings is 4. The Hall–Kier alpha value is -4.03. The third-order valence-corrected chi connectivity index (χ3v) is 8.06. The van der Waals surface area contributed by atoms with Crippen molar-refractivity contribution in [3.63, 3.8) is 0 Å². The Morgan fingerprint density at radius 1 is 0.902 bits per heavy atom. The molecule has 0 atom stereocenters. The largest absolute Gasteiger partial charge is 0.488 e. The summed E-state index contributed by atoms with van der Waals surface area (Å²) in [5.74, 6) is 1.09. The lowest BCUT2D eigenvalue weighted by atomic mass is 9.81. The van der Waals surface area contributed by atoms with E-state index in [1.165, 1.54) is 19.2 Å². The van der Waals surface area contributed by atoms with Crippen molar-refractivity contribution in [3.8, 4) is 22.6 Å². The molecule has 5 aromatic rings. The van der Waals surface area contributed by atoms with E-state index in [-0.39, 0.29) is 17.2 Å². The molecule has 0 aliphatic heterocycles. The second-order valence-electron chi connectivity index (χ2n) is 10.7. The van der Waals surface area contributed by atoms with Crippen LogP contribution in [0.4, 0.5) is 4.39 Å². The molecule has 0 unspecified atom stereocenters. The van der Waals surface area contributed by atoms with Gasteiger partial charge in [-0.15, -0.1) is 0 Å². The number of rotatable bonds is 10. The molecule has 0 aliphatic carbocycles. The quantitative estimate of drug-likeness (QED) is 0.158. The van der Waals surface area contributed by atoms with Crippen molar-refractivity contribution in [2.24, 2.45) is 0 Å². The topological polar surface area (TPSA) is 40.5 Å². The van der Waals surface area contributed by atoms with Crippen LogP contribution in [0.3, 0.4) is 0 Å². The van der Waals surface area contributed by atoms with Gasteiger partial charge in [0.2, 0.25) is 0 Å². The maximum atomic E-state index is 14.1. The van der Waals surface area contributed by atoms with Gasteiger partial charge in [0, 0.05) is 22.4 Å². The molecule has 41 heavy (non-hydrogen) atoms. The van der Waals surface area contributed by atoms with Crippen molar-refractivity contribution in [3.05, 3.63) is 120 Å². The molecule has 0 fully saturated rings. The maximum absolute atomic E-state index is 14.1. The fourth-order valence-corrected chi connectivity index (χ4v) is 6.02. The van der Waals surface area contributed by atoms with E-state index in [2.05, 4.69) is 30.7 Å². The zero-order valence-electron chi connectivity index (χ0n) is 23.8. The van der Waals surface area contributed by atoms with E-state index in [4.69, 9.17) is 9.47 Å². The normalized spacial score (nSPS) is 11.5. The third kappa shape index (κ3) is 5.89.